The average Bonchev–Trinajstić information content (AvgIpc) is 2.37. The Morgan fingerprint density at radius 1 is 1.64 bits per heavy atom. The maximum Gasteiger partial charge on any atom is 0.0691 e. The second-order valence-corrected chi connectivity index (χ2v) is 3.25. The molecule has 1 saturated heterocycles. The van der Waals surface area contributed by atoms with Crippen LogP contribution in [0.1, 0.15) is 26.2 Å². The second kappa shape index (κ2) is 4.70. The zero-order valence-corrected chi connectivity index (χ0v) is 7.25. The molecular weight excluding hydrogens is 140 g/mol. The van der Waals surface area contributed by atoms with Crippen LogP contribution >= 0.6 is 0 Å². The minimum absolute atomic E-state index is 0.684. The highest BCUT2D eigenvalue weighted by Gasteiger charge is 2.18. The predicted molar refractivity (Wildman–Crippen MR) is 45.0 cm³/mol. The monoisotopic (exact) mass is 158 g/mol. The van der Waals surface area contributed by atoms with Gasteiger partial charge in [-0.1, -0.05) is 0 Å². The lowest BCUT2D eigenvalue weighted by atomic mass is 10.2. The van der Waals surface area contributed by atoms with Crippen molar-refractivity contribution in [2.75, 3.05) is 19.7 Å². The SMILES string of the molecule is CC1CCCN1CCCON. The molecule has 3 heteroatoms. The molecule has 11 heavy (non-hydrogen) atoms. The molecule has 1 atom stereocenters. The first-order chi connectivity index (χ1) is 5.34. The van der Waals surface area contributed by atoms with Crippen molar-refractivity contribution in [2.24, 2.45) is 5.90 Å². The molecule has 1 fully saturated rings. The molecular formula is C8H18N2O. The summed E-state index contributed by atoms with van der Waals surface area (Å²) < 4.78 is 0. The van der Waals surface area contributed by atoms with E-state index in [1.54, 1.807) is 0 Å². The summed E-state index contributed by atoms with van der Waals surface area (Å²) >= 11 is 0. The molecule has 1 heterocycles. The minimum atomic E-state index is 0.684. The van der Waals surface area contributed by atoms with Crippen molar-refractivity contribution in [2.45, 2.75) is 32.2 Å². The number of hydrogen-bond acceptors (Lipinski definition) is 3. The van der Waals surface area contributed by atoms with Crippen LogP contribution in [0.3, 0.4) is 0 Å². The fraction of sp³-hybridized carbons (Fsp3) is 1.00. The van der Waals surface area contributed by atoms with Gasteiger partial charge in [0.05, 0.1) is 6.61 Å². The predicted octanol–water partition coefficient (Wildman–Crippen LogP) is 0.751. The summed E-state index contributed by atoms with van der Waals surface area (Å²) in [5.74, 6) is 4.93. The Hall–Kier alpha value is -0.120. The molecule has 0 amide bonds. The smallest absolute Gasteiger partial charge is 0.0691 e. The van der Waals surface area contributed by atoms with Gasteiger partial charge in [-0.3, -0.25) is 0 Å². The third-order valence-electron chi connectivity index (χ3n) is 2.40. The Balaban J connectivity index is 2.05. The number of hydrogen-bond donors (Lipinski definition) is 1. The van der Waals surface area contributed by atoms with E-state index >= 15 is 0 Å². The maximum atomic E-state index is 4.93. The summed E-state index contributed by atoms with van der Waals surface area (Å²) in [5.41, 5.74) is 0. The summed E-state index contributed by atoms with van der Waals surface area (Å²) in [6, 6.07) is 0.771. The molecule has 1 aliphatic heterocycles. The first-order valence-corrected chi connectivity index (χ1v) is 4.40. The lowest BCUT2D eigenvalue weighted by molar-refractivity contribution is 0.122. The van der Waals surface area contributed by atoms with Gasteiger partial charge in [-0.05, 0) is 32.7 Å². The summed E-state index contributed by atoms with van der Waals surface area (Å²) in [6.45, 7) is 5.36. The molecule has 0 radical (unpaired) electrons. The van der Waals surface area contributed by atoms with Crippen molar-refractivity contribution in [3.05, 3.63) is 0 Å². The Morgan fingerprint density at radius 2 is 2.45 bits per heavy atom. The lowest BCUT2D eigenvalue weighted by Gasteiger charge is -2.20. The van der Waals surface area contributed by atoms with Gasteiger partial charge in [0.15, 0.2) is 0 Å². The highest BCUT2D eigenvalue weighted by Crippen LogP contribution is 2.15. The van der Waals surface area contributed by atoms with Crippen LogP contribution in [0, 0.1) is 0 Å². The third-order valence-corrected chi connectivity index (χ3v) is 2.40. The van der Waals surface area contributed by atoms with E-state index in [0.717, 1.165) is 19.0 Å². The van der Waals surface area contributed by atoms with Crippen molar-refractivity contribution in [3.8, 4) is 0 Å². The molecule has 0 bridgehead atoms. The van der Waals surface area contributed by atoms with Gasteiger partial charge in [0.2, 0.25) is 0 Å². The first-order valence-electron chi connectivity index (χ1n) is 4.40. The van der Waals surface area contributed by atoms with Crippen LogP contribution in [0.5, 0.6) is 0 Å². The Morgan fingerprint density at radius 3 is 3.00 bits per heavy atom. The molecule has 2 N–H and O–H groups in total. The largest absolute Gasteiger partial charge is 0.305 e. The molecule has 0 aromatic heterocycles. The summed E-state index contributed by atoms with van der Waals surface area (Å²) in [4.78, 5) is 7.01. The fourth-order valence-corrected chi connectivity index (χ4v) is 1.68. The normalized spacial score (nSPS) is 26.2. The van der Waals surface area contributed by atoms with E-state index < -0.39 is 0 Å². The first kappa shape index (κ1) is 8.97. The van der Waals surface area contributed by atoms with Gasteiger partial charge in [-0.15, -0.1) is 0 Å². The van der Waals surface area contributed by atoms with Crippen LogP contribution in [0.2, 0.25) is 0 Å². The van der Waals surface area contributed by atoms with E-state index in [9.17, 15) is 0 Å². The van der Waals surface area contributed by atoms with Crippen LogP contribution < -0.4 is 5.90 Å². The summed E-state index contributed by atoms with van der Waals surface area (Å²) in [6.07, 6.45) is 3.76. The van der Waals surface area contributed by atoms with Crippen molar-refractivity contribution < 1.29 is 4.84 Å². The molecule has 1 aliphatic rings. The maximum absolute atomic E-state index is 4.93. The zero-order valence-electron chi connectivity index (χ0n) is 7.25. The van der Waals surface area contributed by atoms with Crippen LogP contribution in [-0.4, -0.2) is 30.6 Å². The highest BCUT2D eigenvalue weighted by atomic mass is 16.6. The molecule has 66 valence electrons. The topological polar surface area (TPSA) is 38.5 Å². The van der Waals surface area contributed by atoms with Crippen LogP contribution in [0.4, 0.5) is 0 Å². The highest BCUT2D eigenvalue weighted by molar-refractivity contribution is 4.74. The number of likely N-dealkylation sites (tertiary alicyclic amines) is 1. The molecule has 1 rings (SSSR count). The Kier molecular flexibility index (Phi) is 3.83. The molecule has 3 nitrogen and oxygen atoms in total. The Labute approximate surface area is 68.5 Å². The van der Waals surface area contributed by atoms with Crippen molar-refractivity contribution in [1.82, 2.24) is 4.90 Å². The van der Waals surface area contributed by atoms with Gasteiger partial charge < -0.3 is 9.74 Å². The molecule has 0 aliphatic carbocycles. The van der Waals surface area contributed by atoms with Crippen molar-refractivity contribution in [1.29, 1.82) is 0 Å². The van der Waals surface area contributed by atoms with Gasteiger partial charge in [0.25, 0.3) is 0 Å². The molecule has 0 aromatic rings. The van der Waals surface area contributed by atoms with Gasteiger partial charge in [-0.25, -0.2) is 5.90 Å². The minimum Gasteiger partial charge on any atom is -0.305 e. The molecule has 0 saturated carbocycles. The standard InChI is InChI=1S/C8H18N2O/c1-8-4-2-5-10(8)6-3-7-11-9/h8H,2-7,9H2,1H3. The fourth-order valence-electron chi connectivity index (χ4n) is 1.68. The average molecular weight is 158 g/mol. The summed E-state index contributed by atoms with van der Waals surface area (Å²) in [5, 5.41) is 0. The van der Waals surface area contributed by atoms with E-state index in [-0.39, 0.29) is 0 Å². The molecule has 0 aromatic carbocycles. The Bertz CT molecular complexity index is 108. The second-order valence-electron chi connectivity index (χ2n) is 3.25. The molecule has 0 spiro atoms. The van der Waals surface area contributed by atoms with Crippen LogP contribution in [-0.2, 0) is 4.84 Å². The van der Waals surface area contributed by atoms with Crippen LogP contribution in [0.25, 0.3) is 0 Å². The van der Waals surface area contributed by atoms with E-state index in [0.29, 0.717) is 6.61 Å². The number of rotatable bonds is 4. The van der Waals surface area contributed by atoms with E-state index in [1.165, 1.54) is 19.4 Å². The van der Waals surface area contributed by atoms with Crippen molar-refractivity contribution in [3.63, 3.8) is 0 Å². The van der Waals surface area contributed by atoms with E-state index in [1.807, 2.05) is 0 Å². The quantitative estimate of drug-likeness (QED) is 0.484. The number of nitrogens with two attached hydrogens (primary N) is 1. The number of nitrogens with zero attached hydrogens (tertiary/aromatic N) is 1. The van der Waals surface area contributed by atoms with E-state index in [2.05, 4.69) is 16.7 Å². The van der Waals surface area contributed by atoms with Gasteiger partial charge >= 0.3 is 0 Å². The van der Waals surface area contributed by atoms with Crippen LogP contribution in [0.15, 0.2) is 0 Å². The third kappa shape index (κ3) is 2.77. The molecule has 1 unspecified atom stereocenters. The van der Waals surface area contributed by atoms with Crippen molar-refractivity contribution >= 4 is 0 Å². The lowest BCUT2D eigenvalue weighted by Crippen LogP contribution is -2.28. The van der Waals surface area contributed by atoms with Gasteiger partial charge in [-0.2, -0.15) is 0 Å². The van der Waals surface area contributed by atoms with Gasteiger partial charge in [0, 0.05) is 12.6 Å². The zero-order chi connectivity index (χ0) is 8.10. The van der Waals surface area contributed by atoms with E-state index in [4.69, 9.17) is 5.90 Å². The van der Waals surface area contributed by atoms with Gasteiger partial charge in [0.1, 0.15) is 0 Å². The summed E-state index contributed by atoms with van der Waals surface area (Å²) in [7, 11) is 0.